The summed E-state index contributed by atoms with van der Waals surface area (Å²) in [5.41, 5.74) is 4.00. The van der Waals surface area contributed by atoms with Crippen molar-refractivity contribution in [3.63, 3.8) is 0 Å². The summed E-state index contributed by atoms with van der Waals surface area (Å²) >= 11 is 0. The molecule has 0 radical (unpaired) electrons. The van der Waals surface area contributed by atoms with Gasteiger partial charge >= 0.3 is 0 Å². The number of carbonyl (C=O) groups excluding carboxylic acids is 3. The van der Waals surface area contributed by atoms with E-state index in [1.807, 2.05) is 78.9 Å². The topological polar surface area (TPSA) is 104 Å². The molecular formula is C35H33NO6. The first-order chi connectivity index (χ1) is 20.4. The van der Waals surface area contributed by atoms with Gasteiger partial charge in [0.1, 0.15) is 5.76 Å². The molecule has 0 bridgehead atoms. The van der Waals surface area contributed by atoms with Crippen LogP contribution in [-0.2, 0) is 9.53 Å². The van der Waals surface area contributed by atoms with Gasteiger partial charge in [-0.25, -0.2) is 0 Å². The molecule has 0 aliphatic heterocycles. The van der Waals surface area contributed by atoms with Crippen molar-refractivity contribution < 1.29 is 29.3 Å². The third-order valence-corrected chi connectivity index (χ3v) is 7.45. The predicted molar refractivity (Wildman–Crippen MR) is 164 cm³/mol. The van der Waals surface area contributed by atoms with Gasteiger partial charge in [0.25, 0.3) is 0 Å². The molecule has 0 aromatic heterocycles. The fourth-order valence-corrected chi connectivity index (χ4v) is 5.43. The first-order valence-corrected chi connectivity index (χ1v) is 14.1. The van der Waals surface area contributed by atoms with E-state index in [0.29, 0.717) is 42.9 Å². The zero-order valence-electron chi connectivity index (χ0n) is 23.5. The Bertz CT molecular complexity index is 1720. The minimum atomic E-state index is -0.0933. The van der Waals surface area contributed by atoms with Crippen LogP contribution in [0.2, 0.25) is 0 Å². The minimum Gasteiger partial charge on any atom is -0.493 e. The monoisotopic (exact) mass is 563 g/mol. The van der Waals surface area contributed by atoms with Gasteiger partial charge in [0.05, 0.1) is 6.61 Å². The van der Waals surface area contributed by atoms with Crippen LogP contribution in [0.1, 0.15) is 51.6 Å². The van der Waals surface area contributed by atoms with Gasteiger partial charge in [0.2, 0.25) is 5.91 Å². The van der Waals surface area contributed by atoms with Crippen LogP contribution in [0.25, 0.3) is 33.4 Å². The van der Waals surface area contributed by atoms with E-state index in [9.17, 15) is 14.4 Å². The van der Waals surface area contributed by atoms with Crippen LogP contribution in [0.15, 0.2) is 84.4 Å². The lowest BCUT2D eigenvalue weighted by molar-refractivity contribution is -0.128. The number of carbonyl (C=O) groups is 3. The number of allylic oxidation sites excluding steroid dienone is 1. The van der Waals surface area contributed by atoms with Gasteiger partial charge in [0.15, 0.2) is 11.6 Å². The molecule has 6 rings (SSSR count). The summed E-state index contributed by atoms with van der Waals surface area (Å²) in [7, 11) is 0. The highest BCUT2D eigenvalue weighted by Gasteiger charge is 2.24. The first kappa shape index (κ1) is 28.9. The molecule has 4 aromatic carbocycles. The van der Waals surface area contributed by atoms with Gasteiger partial charge in [0, 0.05) is 78.8 Å². The largest absolute Gasteiger partial charge is 0.493 e. The van der Waals surface area contributed by atoms with Crippen molar-refractivity contribution in [3.05, 3.63) is 107 Å². The number of aliphatic hydroxyl groups excluding tert-OH is 2. The molecule has 7 nitrogen and oxygen atoms in total. The molecule has 0 unspecified atom stereocenters. The molecule has 0 saturated heterocycles. The summed E-state index contributed by atoms with van der Waals surface area (Å²) < 4.78 is 5.62. The predicted octanol–water partition coefficient (Wildman–Crippen LogP) is 5.43. The number of amides is 1. The number of ketones is 2. The lowest BCUT2D eigenvalue weighted by atomic mass is 9.88. The van der Waals surface area contributed by atoms with E-state index in [2.05, 4.69) is 0 Å². The molecule has 2 N–H and O–H groups in total. The molecule has 2 aliphatic carbocycles. The highest BCUT2D eigenvalue weighted by atomic mass is 16.5. The van der Waals surface area contributed by atoms with Crippen LogP contribution >= 0.6 is 0 Å². The van der Waals surface area contributed by atoms with Crippen LogP contribution in [-0.4, -0.2) is 65.5 Å². The molecule has 2 aliphatic rings. The van der Waals surface area contributed by atoms with E-state index < -0.39 is 0 Å². The number of ether oxygens (including phenoxy) is 1. The first-order valence-electron chi connectivity index (χ1n) is 14.1. The zero-order chi connectivity index (χ0) is 29.6. The van der Waals surface area contributed by atoms with Crippen LogP contribution < -0.4 is 0 Å². The second-order valence-corrected chi connectivity index (χ2v) is 10.3. The Kier molecular flexibility index (Phi) is 8.91. The summed E-state index contributed by atoms with van der Waals surface area (Å²) in [5, 5.41) is 21.8. The number of hydrogen-bond acceptors (Lipinski definition) is 6. The van der Waals surface area contributed by atoms with Crippen molar-refractivity contribution >= 4 is 50.9 Å². The van der Waals surface area contributed by atoms with Crippen molar-refractivity contribution in [2.75, 3.05) is 32.9 Å². The SMILES string of the molecule is CC(=O)N(CCCO)CC1=Cc2cccc3cccc(c23)C1=O.O=C1C=C(OCCCO)c2cccc3cccc1c23. The standard InChI is InChI=1S/C19H19NO3.C16H14O3/c1-13(22)20(9-4-10-21)12-16-11-15-7-2-5-14-6-3-8-17(18(14)15)19(16)23;17-8-3-9-19-15-10-14(18)12-6-1-4-11-5-2-7-13(15)16(11)12/h2-3,5-8,11,21H,4,9-10,12H2,1H3;1-2,4-7,10,17H,3,8-9H2. The van der Waals surface area contributed by atoms with Crippen LogP contribution in [0.5, 0.6) is 0 Å². The number of aliphatic hydroxyl groups is 2. The van der Waals surface area contributed by atoms with Gasteiger partial charge in [-0.05, 0) is 28.8 Å². The van der Waals surface area contributed by atoms with E-state index in [1.165, 1.54) is 13.0 Å². The maximum atomic E-state index is 12.8. The Morgan fingerprint density at radius 3 is 2.05 bits per heavy atom. The third kappa shape index (κ3) is 5.88. The summed E-state index contributed by atoms with van der Waals surface area (Å²) in [6.45, 7) is 2.73. The molecule has 4 aromatic rings. The molecule has 0 spiro atoms. The molecule has 0 saturated carbocycles. The molecule has 0 atom stereocenters. The molecule has 214 valence electrons. The lowest BCUT2D eigenvalue weighted by Crippen LogP contribution is -2.34. The highest BCUT2D eigenvalue weighted by molar-refractivity contribution is 6.23. The van der Waals surface area contributed by atoms with Crippen molar-refractivity contribution in [1.82, 2.24) is 4.90 Å². The van der Waals surface area contributed by atoms with E-state index in [-0.39, 0.29) is 37.2 Å². The molecule has 7 heteroatoms. The zero-order valence-corrected chi connectivity index (χ0v) is 23.5. The Morgan fingerprint density at radius 2 is 1.38 bits per heavy atom. The fraction of sp³-hybridized carbons (Fsp3) is 0.229. The van der Waals surface area contributed by atoms with Crippen molar-refractivity contribution in [2.24, 2.45) is 0 Å². The maximum absolute atomic E-state index is 12.8. The summed E-state index contributed by atoms with van der Waals surface area (Å²) in [5.74, 6) is 0.458. The Morgan fingerprint density at radius 1 is 0.762 bits per heavy atom. The van der Waals surface area contributed by atoms with Crippen molar-refractivity contribution in [3.8, 4) is 0 Å². The molecule has 42 heavy (non-hydrogen) atoms. The van der Waals surface area contributed by atoms with E-state index in [0.717, 1.165) is 38.2 Å². The van der Waals surface area contributed by atoms with E-state index in [4.69, 9.17) is 14.9 Å². The van der Waals surface area contributed by atoms with Gasteiger partial charge in [-0.15, -0.1) is 0 Å². The number of Topliss-reactive ketones (excluding diaryl/α,β-unsaturated/α-hetero) is 1. The van der Waals surface area contributed by atoms with Gasteiger partial charge < -0.3 is 19.8 Å². The maximum Gasteiger partial charge on any atom is 0.219 e. The molecule has 0 heterocycles. The fourth-order valence-electron chi connectivity index (χ4n) is 5.43. The second-order valence-electron chi connectivity index (χ2n) is 10.3. The third-order valence-electron chi connectivity index (χ3n) is 7.45. The Hall–Kier alpha value is -4.59. The molecule has 0 fully saturated rings. The van der Waals surface area contributed by atoms with E-state index in [1.54, 1.807) is 4.90 Å². The second kappa shape index (κ2) is 12.9. The Labute approximate surface area is 244 Å². The summed E-state index contributed by atoms with van der Waals surface area (Å²) in [6, 6.07) is 23.3. The average Bonchev–Trinajstić information content (AvgIpc) is 3.00. The number of hydrogen-bond donors (Lipinski definition) is 2. The number of nitrogens with zero attached hydrogens (tertiary/aromatic N) is 1. The van der Waals surface area contributed by atoms with Gasteiger partial charge in [-0.3, -0.25) is 14.4 Å². The van der Waals surface area contributed by atoms with Crippen LogP contribution in [0.4, 0.5) is 0 Å². The van der Waals surface area contributed by atoms with E-state index >= 15 is 0 Å². The van der Waals surface area contributed by atoms with Crippen molar-refractivity contribution in [1.29, 1.82) is 0 Å². The highest BCUT2D eigenvalue weighted by Crippen LogP contribution is 2.34. The quantitative estimate of drug-likeness (QED) is 0.263. The van der Waals surface area contributed by atoms with Crippen molar-refractivity contribution in [2.45, 2.75) is 19.8 Å². The minimum absolute atomic E-state index is 0.0236. The molecule has 1 amide bonds. The lowest BCUT2D eigenvalue weighted by Gasteiger charge is -2.24. The normalized spacial score (nSPS) is 13.3. The van der Waals surface area contributed by atoms with Gasteiger partial charge in [-0.1, -0.05) is 72.8 Å². The Balaban J connectivity index is 0.000000171. The smallest absolute Gasteiger partial charge is 0.219 e. The van der Waals surface area contributed by atoms with Crippen LogP contribution in [0.3, 0.4) is 0 Å². The summed E-state index contributed by atoms with van der Waals surface area (Å²) in [4.78, 5) is 38.3. The summed E-state index contributed by atoms with van der Waals surface area (Å²) in [6.07, 6.45) is 4.48. The number of rotatable bonds is 9. The van der Waals surface area contributed by atoms with Gasteiger partial charge in [-0.2, -0.15) is 0 Å². The average molecular weight is 564 g/mol. The van der Waals surface area contributed by atoms with Crippen LogP contribution in [0, 0.1) is 0 Å². The molecular weight excluding hydrogens is 530 g/mol. The number of benzene rings is 4.